The first-order valence-corrected chi connectivity index (χ1v) is 8.11. The Bertz CT molecular complexity index is 312. The molecule has 0 nitrogen and oxygen atoms in total. The topological polar surface area (TPSA) is 0 Å². The fraction of sp³-hybridized carbons (Fsp3) is 0.200. The summed E-state index contributed by atoms with van der Waals surface area (Å²) in [5.74, 6) is 20.0. The fourth-order valence-corrected chi connectivity index (χ4v) is 0.920. The van der Waals surface area contributed by atoms with Gasteiger partial charge in [-0.15, -0.1) is 0 Å². The molecule has 0 aliphatic rings. The maximum atomic E-state index is 2.89. The van der Waals surface area contributed by atoms with E-state index in [0.717, 1.165) is 0 Å². The van der Waals surface area contributed by atoms with Gasteiger partial charge in [-0.05, 0) is 0 Å². The van der Waals surface area contributed by atoms with Gasteiger partial charge in [-0.25, -0.2) is 0 Å². The summed E-state index contributed by atoms with van der Waals surface area (Å²) >= 11 is 0.763. The first-order chi connectivity index (χ1) is 5.91. The van der Waals surface area contributed by atoms with Crippen LogP contribution in [-0.4, -0.2) is 29.9 Å². The van der Waals surface area contributed by atoms with Gasteiger partial charge in [-0.2, -0.15) is 0 Å². The van der Waals surface area contributed by atoms with E-state index in [-0.39, 0.29) is 0 Å². The monoisotopic (exact) mass is 286 g/mol. The fourth-order valence-electron chi connectivity index (χ4n) is 0.278. The summed E-state index contributed by atoms with van der Waals surface area (Å²) in [4.78, 5) is 5.78. The van der Waals surface area contributed by atoms with Crippen molar-refractivity contribution in [3.05, 3.63) is 0 Å². The summed E-state index contributed by atoms with van der Waals surface area (Å²) in [6.07, 6.45) is 0. The van der Waals surface area contributed by atoms with Crippen molar-refractivity contribution >= 4 is 29.9 Å². The summed E-state index contributed by atoms with van der Waals surface area (Å²) in [5.41, 5.74) is 0. The molecule has 0 aromatic heterocycles. The van der Waals surface area contributed by atoms with E-state index < -0.39 is 0 Å². The van der Waals surface area contributed by atoms with E-state index in [1.165, 1.54) is 0 Å². The maximum absolute atomic E-state index is 2.89. The zero-order valence-corrected chi connectivity index (χ0v) is 10.2. The Morgan fingerprint density at radius 3 is 1.25 bits per heavy atom. The molecule has 0 radical (unpaired) electrons. The van der Waals surface area contributed by atoms with Crippen molar-refractivity contribution < 1.29 is 0 Å². The van der Waals surface area contributed by atoms with Crippen LogP contribution in [0.15, 0.2) is 0 Å². The van der Waals surface area contributed by atoms with Gasteiger partial charge in [0.2, 0.25) is 0 Å². The molecule has 0 N–H and O–H groups in total. The summed E-state index contributed by atoms with van der Waals surface area (Å²) < 4.78 is 0. The molecule has 0 amide bonds. The average molecular weight is 284 g/mol. The van der Waals surface area contributed by atoms with E-state index in [1.54, 1.807) is 0 Å². The normalized spacial score (nSPS) is 5.17. The van der Waals surface area contributed by atoms with Crippen LogP contribution >= 0.6 is 0 Å². The molecular weight excluding hydrogens is 278 g/mol. The molecule has 0 fully saturated rings. The first-order valence-electron chi connectivity index (χ1n) is 2.97. The van der Waals surface area contributed by atoms with E-state index in [1.807, 2.05) is 11.6 Å². The first kappa shape index (κ1) is 11.3. The molecule has 12 heavy (non-hydrogen) atoms. The molecule has 0 unspecified atom stereocenters. The molecule has 0 atom stereocenters. The summed E-state index contributed by atoms with van der Waals surface area (Å²) in [5, 5.41) is 0. The van der Waals surface area contributed by atoms with Crippen molar-refractivity contribution in [2.75, 3.05) is 0 Å². The second-order valence-corrected chi connectivity index (χ2v) is 3.93. The van der Waals surface area contributed by atoms with Gasteiger partial charge in [0, 0.05) is 0 Å². The molecule has 0 spiro atoms. The summed E-state index contributed by atoms with van der Waals surface area (Å²) in [6.45, 7) is 0. The minimum absolute atomic E-state index is 0.382. The SMILES string of the molecule is C[Se]C#CC#CC#CC#C[Se]C. The van der Waals surface area contributed by atoms with Crippen molar-refractivity contribution in [3.63, 3.8) is 0 Å². The molecule has 0 aromatic carbocycles. The van der Waals surface area contributed by atoms with E-state index in [2.05, 4.69) is 45.2 Å². The van der Waals surface area contributed by atoms with E-state index in [0.29, 0.717) is 29.9 Å². The quantitative estimate of drug-likeness (QED) is 0.447. The van der Waals surface area contributed by atoms with Crippen LogP contribution in [0.2, 0.25) is 11.6 Å². The van der Waals surface area contributed by atoms with Gasteiger partial charge in [0.25, 0.3) is 0 Å². The Morgan fingerprint density at radius 1 is 0.583 bits per heavy atom. The molecule has 58 valence electrons. The van der Waals surface area contributed by atoms with Crippen molar-refractivity contribution in [2.24, 2.45) is 0 Å². The van der Waals surface area contributed by atoms with Crippen LogP contribution in [-0.2, 0) is 0 Å². The van der Waals surface area contributed by atoms with Crippen molar-refractivity contribution in [2.45, 2.75) is 11.6 Å². The Hall–Kier alpha value is -0.721. The van der Waals surface area contributed by atoms with Gasteiger partial charge in [0.15, 0.2) is 0 Å². The van der Waals surface area contributed by atoms with Crippen LogP contribution in [0.1, 0.15) is 0 Å². The van der Waals surface area contributed by atoms with Gasteiger partial charge < -0.3 is 0 Å². The van der Waals surface area contributed by atoms with Crippen molar-refractivity contribution in [1.82, 2.24) is 0 Å². The third kappa shape index (κ3) is 9.28. The number of hydrogen-bond acceptors (Lipinski definition) is 0. The minimum atomic E-state index is 0.382. The van der Waals surface area contributed by atoms with Gasteiger partial charge in [-0.3, -0.25) is 0 Å². The summed E-state index contributed by atoms with van der Waals surface area (Å²) in [6, 6.07) is 0. The zero-order valence-electron chi connectivity index (χ0n) is 6.82. The van der Waals surface area contributed by atoms with Crippen molar-refractivity contribution in [1.29, 1.82) is 0 Å². The second-order valence-electron chi connectivity index (χ2n) is 1.36. The molecule has 0 bridgehead atoms. The molecule has 0 rings (SSSR count). The Morgan fingerprint density at radius 2 is 0.917 bits per heavy atom. The molecule has 0 aromatic rings. The second kappa shape index (κ2) is 10.3. The standard InChI is InChI=1S/C10H6Se2/c1-11-9-7-5-3-4-6-8-10-12-2/h1-2H3. The van der Waals surface area contributed by atoms with Crippen LogP contribution in [0.4, 0.5) is 0 Å². The third-order valence-corrected chi connectivity index (χ3v) is 1.90. The zero-order chi connectivity index (χ0) is 9.07. The van der Waals surface area contributed by atoms with Crippen LogP contribution in [0.3, 0.4) is 0 Å². The van der Waals surface area contributed by atoms with Crippen LogP contribution in [0, 0.1) is 45.2 Å². The van der Waals surface area contributed by atoms with Crippen molar-refractivity contribution in [3.8, 4) is 45.2 Å². The molecule has 0 aliphatic carbocycles. The predicted molar refractivity (Wildman–Crippen MR) is 54.3 cm³/mol. The summed E-state index contributed by atoms with van der Waals surface area (Å²) in [7, 11) is 0. The molecular formula is C10H6Se2. The number of hydrogen-bond donors (Lipinski definition) is 0. The van der Waals surface area contributed by atoms with E-state index in [4.69, 9.17) is 0 Å². The average Bonchev–Trinajstić information content (AvgIpc) is 2.10. The predicted octanol–water partition coefficient (Wildman–Crippen LogP) is 0.420. The Kier molecular flexibility index (Phi) is 9.66. The van der Waals surface area contributed by atoms with Gasteiger partial charge in [-0.1, -0.05) is 0 Å². The molecule has 0 aliphatic heterocycles. The third-order valence-electron chi connectivity index (χ3n) is 0.619. The Labute approximate surface area is 86.6 Å². The van der Waals surface area contributed by atoms with Crippen LogP contribution < -0.4 is 0 Å². The van der Waals surface area contributed by atoms with Gasteiger partial charge in [0.1, 0.15) is 0 Å². The van der Waals surface area contributed by atoms with Gasteiger partial charge in [0.05, 0.1) is 0 Å². The molecule has 0 saturated carbocycles. The Balaban J connectivity index is 3.90. The van der Waals surface area contributed by atoms with Crippen LogP contribution in [0.25, 0.3) is 0 Å². The van der Waals surface area contributed by atoms with E-state index in [9.17, 15) is 0 Å². The van der Waals surface area contributed by atoms with E-state index >= 15 is 0 Å². The molecule has 2 heteroatoms. The molecule has 0 heterocycles. The molecule has 0 saturated heterocycles. The number of rotatable bonds is 0. The van der Waals surface area contributed by atoms with Gasteiger partial charge >= 0.3 is 86.7 Å². The van der Waals surface area contributed by atoms with Crippen LogP contribution in [0.5, 0.6) is 0 Å².